The Labute approximate surface area is 69.5 Å². The lowest BCUT2D eigenvalue weighted by atomic mass is 9.80. The monoisotopic (exact) mass is 172 g/mol. The van der Waals surface area contributed by atoms with Gasteiger partial charge in [-0.1, -0.05) is 16.7 Å². The van der Waals surface area contributed by atoms with E-state index in [1.165, 1.54) is 12.1 Å². The average molecular weight is 172 g/mol. The summed E-state index contributed by atoms with van der Waals surface area (Å²) in [5, 5.41) is 8.80. The average Bonchev–Trinajstić information content (AvgIpc) is 2.05. The first-order valence-corrected chi connectivity index (χ1v) is 3.43. The molecule has 1 aromatic carbocycles. The van der Waals surface area contributed by atoms with Gasteiger partial charge in [-0.3, -0.25) is 0 Å². The van der Waals surface area contributed by atoms with E-state index in [4.69, 9.17) is 5.02 Å². The highest BCUT2D eigenvalue weighted by atomic mass is 32.1. The number of rotatable bonds is 2. The second-order valence-corrected chi connectivity index (χ2v) is 2.55. The number of thiol groups is 1. The Morgan fingerprint density at radius 2 is 1.91 bits per heavy atom. The Balaban J connectivity index is 2.81. The minimum atomic E-state index is -1.50. The summed E-state index contributed by atoms with van der Waals surface area (Å²) in [6, 6.07) is 6.35. The Morgan fingerprint density at radius 1 is 1.36 bits per heavy atom. The topological polar surface area (TPSA) is 29.5 Å². The molecule has 2 nitrogen and oxygen atoms in total. The number of benzene rings is 1. The van der Waals surface area contributed by atoms with Crippen LogP contribution < -0.4 is 5.46 Å². The zero-order chi connectivity index (χ0) is 8.27. The molecule has 0 radical (unpaired) electrons. The van der Waals surface area contributed by atoms with Gasteiger partial charge in [0.05, 0.1) is 0 Å². The summed E-state index contributed by atoms with van der Waals surface area (Å²) in [6.45, 7) is 0. The predicted molar refractivity (Wildman–Crippen MR) is 43.5 cm³/mol. The molecule has 0 fully saturated rings. The fourth-order valence-electron chi connectivity index (χ4n) is 0.690. The molecule has 0 aromatic heterocycles. The predicted octanol–water partition coefficient (Wildman–Crippen LogP) is 0.564. The van der Waals surface area contributed by atoms with E-state index in [-0.39, 0.29) is 0 Å². The van der Waals surface area contributed by atoms with Crippen molar-refractivity contribution in [2.45, 2.75) is 4.90 Å². The quantitative estimate of drug-likeness (QED) is 0.504. The van der Waals surface area contributed by atoms with Crippen LogP contribution in [0.25, 0.3) is 0 Å². The van der Waals surface area contributed by atoms with E-state index in [0.29, 0.717) is 5.46 Å². The number of hydrogen-bond acceptors (Lipinski definition) is 3. The molecule has 0 atom stereocenters. The molecule has 0 spiro atoms. The molecule has 58 valence electrons. The minimum Gasteiger partial charge on any atom is -0.421 e. The third-order valence-corrected chi connectivity index (χ3v) is 1.56. The van der Waals surface area contributed by atoms with Crippen molar-refractivity contribution in [2.75, 3.05) is 0 Å². The van der Waals surface area contributed by atoms with Gasteiger partial charge in [-0.15, -0.1) is 12.6 Å². The normalized spacial score (nSPS) is 9.73. The van der Waals surface area contributed by atoms with Gasteiger partial charge < -0.3 is 5.02 Å². The number of halogens is 1. The highest BCUT2D eigenvalue weighted by Crippen LogP contribution is 2.01. The van der Waals surface area contributed by atoms with Gasteiger partial charge >= 0.3 is 7.12 Å². The second kappa shape index (κ2) is 3.76. The molecular formula is C6H6BFO2S. The van der Waals surface area contributed by atoms with E-state index in [1.54, 1.807) is 12.1 Å². The van der Waals surface area contributed by atoms with Gasteiger partial charge in [0.15, 0.2) is 0 Å². The zero-order valence-electron chi connectivity index (χ0n) is 5.57. The largest absolute Gasteiger partial charge is 0.529 e. The maximum atomic E-state index is 11.4. The van der Waals surface area contributed by atoms with Gasteiger partial charge in [-0.05, 0) is 17.6 Å². The Hall–Kier alpha value is -0.515. The van der Waals surface area contributed by atoms with Gasteiger partial charge in [-0.25, -0.2) is 4.86 Å². The fourth-order valence-corrected chi connectivity index (χ4v) is 0.839. The van der Waals surface area contributed by atoms with E-state index in [1.807, 2.05) is 0 Å². The zero-order valence-corrected chi connectivity index (χ0v) is 6.46. The molecule has 0 heterocycles. The maximum absolute atomic E-state index is 11.4. The van der Waals surface area contributed by atoms with Crippen LogP contribution in [-0.4, -0.2) is 12.1 Å². The lowest BCUT2D eigenvalue weighted by molar-refractivity contribution is -0.0267. The fraction of sp³-hybridized carbons (Fsp3) is 0. The van der Waals surface area contributed by atoms with Crippen molar-refractivity contribution in [3.8, 4) is 0 Å². The van der Waals surface area contributed by atoms with Crippen molar-refractivity contribution >= 4 is 25.2 Å². The van der Waals surface area contributed by atoms with E-state index in [0.717, 1.165) is 4.90 Å². The molecule has 0 aliphatic carbocycles. The number of hydrogen-bond donors (Lipinski definition) is 2. The van der Waals surface area contributed by atoms with E-state index in [2.05, 4.69) is 17.5 Å². The Bertz CT molecular complexity index is 229. The molecule has 0 saturated carbocycles. The van der Waals surface area contributed by atoms with Crippen molar-refractivity contribution in [1.82, 2.24) is 0 Å². The molecule has 0 aliphatic heterocycles. The van der Waals surface area contributed by atoms with Crippen LogP contribution in [0.3, 0.4) is 0 Å². The summed E-state index contributed by atoms with van der Waals surface area (Å²) in [5.74, 6) is 0. The van der Waals surface area contributed by atoms with Crippen LogP contribution in [0, 0.1) is 0 Å². The summed E-state index contributed by atoms with van der Waals surface area (Å²) in [5.41, 5.74) is 0.366. The summed E-state index contributed by atoms with van der Waals surface area (Å²) in [7, 11) is -1.50. The molecule has 0 amide bonds. The van der Waals surface area contributed by atoms with Crippen molar-refractivity contribution in [3.05, 3.63) is 24.3 Å². The molecule has 5 heteroatoms. The van der Waals surface area contributed by atoms with Crippen molar-refractivity contribution in [2.24, 2.45) is 0 Å². The molecule has 1 aromatic rings. The van der Waals surface area contributed by atoms with Crippen LogP contribution in [0.2, 0.25) is 0 Å². The van der Waals surface area contributed by atoms with Gasteiger partial charge in [0.25, 0.3) is 0 Å². The molecular weight excluding hydrogens is 166 g/mol. The molecule has 0 saturated heterocycles. The summed E-state index contributed by atoms with van der Waals surface area (Å²) in [4.78, 5) is 3.96. The van der Waals surface area contributed by atoms with Crippen LogP contribution in [-0.2, 0) is 4.86 Å². The first-order valence-electron chi connectivity index (χ1n) is 2.98. The third kappa shape index (κ3) is 2.22. The van der Waals surface area contributed by atoms with Crippen molar-refractivity contribution in [3.63, 3.8) is 0 Å². The van der Waals surface area contributed by atoms with E-state index >= 15 is 0 Å². The Kier molecular flexibility index (Phi) is 2.93. The standard InChI is InChI=1S/C6H6BFO2S/c8-10-7(9)5-1-3-6(11)4-2-5/h1-4,9,11H. The third-order valence-electron chi connectivity index (χ3n) is 1.26. The smallest absolute Gasteiger partial charge is 0.421 e. The van der Waals surface area contributed by atoms with E-state index < -0.39 is 7.12 Å². The molecule has 0 bridgehead atoms. The molecule has 0 aliphatic rings. The van der Waals surface area contributed by atoms with E-state index in [9.17, 15) is 4.53 Å². The first kappa shape index (κ1) is 8.58. The van der Waals surface area contributed by atoms with Crippen LogP contribution in [0.5, 0.6) is 0 Å². The SMILES string of the molecule is OB(OF)c1ccc(S)cc1. The van der Waals surface area contributed by atoms with Gasteiger partial charge in [0.1, 0.15) is 0 Å². The van der Waals surface area contributed by atoms with Gasteiger partial charge in [-0.2, -0.15) is 0 Å². The summed E-state index contributed by atoms with van der Waals surface area (Å²) >= 11 is 4.01. The minimum absolute atomic E-state index is 0.366. The van der Waals surface area contributed by atoms with Crippen LogP contribution in [0.4, 0.5) is 4.53 Å². The van der Waals surface area contributed by atoms with Gasteiger partial charge in [0.2, 0.25) is 0 Å². The van der Waals surface area contributed by atoms with Crippen LogP contribution in [0.15, 0.2) is 29.2 Å². The molecule has 11 heavy (non-hydrogen) atoms. The summed E-state index contributed by atoms with van der Waals surface area (Å²) in [6.07, 6.45) is 0. The first-order chi connectivity index (χ1) is 5.24. The van der Waals surface area contributed by atoms with Crippen LogP contribution in [0.1, 0.15) is 0 Å². The van der Waals surface area contributed by atoms with Crippen molar-refractivity contribution in [1.29, 1.82) is 0 Å². The van der Waals surface area contributed by atoms with Crippen molar-refractivity contribution < 1.29 is 14.4 Å². The highest BCUT2D eigenvalue weighted by molar-refractivity contribution is 7.80. The molecule has 1 rings (SSSR count). The maximum Gasteiger partial charge on any atom is 0.529 e. The second-order valence-electron chi connectivity index (χ2n) is 2.03. The lowest BCUT2D eigenvalue weighted by Crippen LogP contribution is -2.30. The van der Waals surface area contributed by atoms with Gasteiger partial charge in [0, 0.05) is 4.90 Å². The molecule has 1 N–H and O–H groups in total. The summed E-state index contributed by atoms with van der Waals surface area (Å²) < 4.78 is 11.4. The van der Waals surface area contributed by atoms with Crippen LogP contribution >= 0.6 is 12.6 Å². The lowest BCUT2D eigenvalue weighted by Gasteiger charge is -1.99. The molecule has 0 unspecified atom stereocenters. The Morgan fingerprint density at radius 3 is 2.36 bits per heavy atom. The highest BCUT2D eigenvalue weighted by Gasteiger charge is 2.16.